The Morgan fingerprint density at radius 1 is 1.14 bits per heavy atom. The number of fused-ring (bicyclic) bond motifs is 1. The summed E-state index contributed by atoms with van der Waals surface area (Å²) in [7, 11) is 0. The van der Waals surface area contributed by atoms with Crippen LogP contribution < -0.4 is 5.32 Å². The molecular formula is C12H7F4N5. The van der Waals surface area contributed by atoms with Crippen molar-refractivity contribution >= 4 is 22.7 Å². The normalized spacial score (nSPS) is 11.8. The SMILES string of the molecule is Fc1cccc(Nc2nc(C(F)(F)F)nc3nc[nH]c23)c1. The van der Waals surface area contributed by atoms with Gasteiger partial charge in [0.25, 0.3) is 0 Å². The molecule has 108 valence electrons. The van der Waals surface area contributed by atoms with Gasteiger partial charge in [0.15, 0.2) is 11.5 Å². The number of nitrogens with zero attached hydrogens (tertiary/aromatic N) is 3. The Balaban J connectivity index is 2.10. The topological polar surface area (TPSA) is 66.5 Å². The summed E-state index contributed by atoms with van der Waals surface area (Å²) in [5, 5.41) is 2.62. The zero-order valence-electron chi connectivity index (χ0n) is 10.2. The lowest BCUT2D eigenvalue weighted by Gasteiger charge is -2.10. The first-order chi connectivity index (χ1) is 9.93. The number of halogens is 4. The summed E-state index contributed by atoms with van der Waals surface area (Å²) in [6.07, 6.45) is -3.50. The summed E-state index contributed by atoms with van der Waals surface area (Å²) in [6.45, 7) is 0. The fourth-order valence-electron chi connectivity index (χ4n) is 1.75. The highest BCUT2D eigenvalue weighted by atomic mass is 19.4. The average Bonchev–Trinajstić information content (AvgIpc) is 2.86. The second kappa shape index (κ2) is 4.69. The number of hydrogen-bond acceptors (Lipinski definition) is 4. The van der Waals surface area contributed by atoms with Crippen molar-refractivity contribution in [2.24, 2.45) is 0 Å². The highest BCUT2D eigenvalue weighted by Crippen LogP contribution is 2.30. The molecule has 3 aromatic rings. The molecule has 0 radical (unpaired) electrons. The molecule has 1 aromatic carbocycles. The molecule has 0 fully saturated rings. The lowest BCUT2D eigenvalue weighted by Crippen LogP contribution is -2.12. The largest absolute Gasteiger partial charge is 0.451 e. The van der Waals surface area contributed by atoms with E-state index in [2.05, 4.69) is 25.3 Å². The molecule has 0 aliphatic rings. The summed E-state index contributed by atoms with van der Waals surface area (Å²) < 4.78 is 51.4. The summed E-state index contributed by atoms with van der Waals surface area (Å²) >= 11 is 0. The quantitative estimate of drug-likeness (QED) is 0.713. The molecule has 0 bridgehead atoms. The van der Waals surface area contributed by atoms with Gasteiger partial charge in [0.05, 0.1) is 6.33 Å². The van der Waals surface area contributed by atoms with E-state index in [1.807, 2.05) is 0 Å². The molecule has 0 aliphatic carbocycles. The van der Waals surface area contributed by atoms with Crippen molar-refractivity contribution in [3.8, 4) is 0 Å². The van der Waals surface area contributed by atoms with E-state index in [9.17, 15) is 17.6 Å². The summed E-state index contributed by atoms with van der Waals surface area (Å²) in [5.74, 6) is -1.97. The predicted molar refractivity (Wildman–Crippen MR) is 66.4 cm³/mol. The molecular weight excluding hydrogens is 290 g/mol. The second-order valence-electron chi connectivity index (χ2n) is 4.13. The van der Waals surface area contributed by atoms with Gasteiger partial charge in [-0.2, -0.15) is 13.2 Å². The molecule has 0 aliphatic heterocycles. The summed E-state index contributed by atoms with van der Waals surface area (Å²) in [4.78, 5) is 13.1. The van der Waals surface area contributed by atoms with Crippen molar-refractivity contribution in [1.29, 1.82) is 0 Å². The van der Waals surface area contributed by atoms with Crippen LogP contribution in [0.2, 0.25) is 0 Å². The van der Waals surface area contributed by atoms with Crippen molar-refractivity contribution in [1.82, 2.24) is 19.9 Å². The number of nitrogens with one attached hydrogen (secondary N) is 2. The van der Waals surface area contributed by atoms with Crippen molar-refractivity contribution in [3.63, 3.8) is 0 Å². The molecule has 0 saturated carbocycles. The highest BCUT2D eigenvalue weighted by Gasteiger charge is 2.36. The van der Waals surface area contributed by atoms with Crippen LogP contribution in [0.25, 0.3) is 11.2 Å². The van der Waals surface area contributed by atoms with Gasteiger partial charge in [-0.05, 0) is 18.2 Å². The van der Waals surface area contributed by atoms with E-state index < -0.39 is 17.8 Å². The van der Waals surface area contributed by atoms with Gasteiger partial charge in [-0.15, -0.1) is 0 Å². The molecule has 2 heterocycles. The average molecular weight is 297 g/mol. The first-order valence-corrected chi connectivity index (χ1v) is 5.74. The number of aromatic nitrogens is 4. The van der Waals surface area contributed by atoms with Crippen molar-refractivity contribution in [3.05, 3.63) is 42.2 Å². The van der Waals surface area contributed by atoms with Gasteiger partial charge >= 0.3 is 6.18 Å². The molecule has 3 rings (SSSR count). The fraction of sp³-hybridized carbons (Fsp3) is 0.0833. The van der Waals surface area contributed by atoms with Crippen molar-refractivity contribution in [2.45, 2.75) is 6.18 Å². The van der Waals surface area contributed by atoms with Crippen LogP contribution in [0.3, 0.4) is 0 Å². The van der Waals surface area contributed by atoms with E-state index in [1.54, 1.807) is 0 Å². The first-order valence-electron chi connectivity index (χ1n) is 5.74. The van der Waals surface area contributed by atoms with Crippen LogP contribution in [0.5, 0.6) is 0 Å². The number of H-pyrrole nitrogens is 1. The van der Waals surface area contributed by atoms with Crippen LogP contribution >= 0.6 is 0 Å². The minimum atomic E-state index is -4.70. The maximum absolute atomic E-state index is 13.1. The third kappa shape index (κ3) is 2.62. The highest BCUT2D eigenvalue weighted by molar-refractivity contribution is 5.84. The minimum absolute atomic E-state index is 0.128. The van der Waals surface area contributed by atoms with Gasteiger partial charge in [-0.3, -0.25) is 0 Å². The van der Waals surface area contributed by atoms with E-state index in [0.29, 0.717) is 0 Å². The van der Waals surface area contributed by atoms with E-state index in [0.717, 1.165) is 6.07 Å². The fourth-order valence-corrected chi connectivity index (χ4v) is 1.75. The lowest BCUT2D eigenvalue weighted by atomic mass is 10.3. The Bertz CT molecular complexity index is 796. The molecule has 2 aromatic heterocycles. The van der Waals surface area contributed by atoms with E-state index in [-0.39, 0.29) is 22.7 Å². The molecule has 0 spiro atoms. The van der Waals surface area contributed by atoms with E-state index in [4.69, 9.17) is 0 Å². The number of aromatic amines is 1. The Hall–Kier alpha value is -2.71. The van der Waals surface area contributed by atoms with Crippen LogP contribution in [-0.4, -0.2) is 19.9 Å². The van der Waals surface area contributed by atoms with Crippen molar-refractivity contribution < 1.29 is 17.6 Å². The maximum atomic E-state index is 13.1. The third-order valence-corrected chi connectivity index (χ3v) is 2.63. The number of benzene rings is 1. The van der Waals surface area contributed by atoms with E-state index in [1.165, 1.54) is 24.5 Å². The Morgan fingerprint density at radius 3 is 2.67 bits per heavy atom. The standard InChI is InChI=1S/C12H7F4N5/c13-6-2-1-3-7(4-6)19-10-8-9(18-5-17-8)20-11(21-10)12(14,15)16/h1-5H,(H2,17,18,19,20,21). The van der Waals surface area contributed by atoms with Gasteiger partial charge in [0.2, 0.25) is 5.82 Å². The first kappa shape index (κ1) is 13.3. The third-order valence-electron chi connectivity index (χ3n) is 2.63. The van der Waals surface area contributed by atoms with Crippen LogP contribution in [0.1, 0.15) is 5.82 Å². The monoisotopic (exact) mass is 297 g/mol. The predicted octanol–water partition coefficient (Wildman–Crippen LogP) is 3.25. The molecule has 9 heteroatoms. The Kier molecular flexibility index (Phi) is 2.96. The number of anilines is 2. The number of hydrogen-bond donors (Lipinski definition) is 2. The summed E-state index contributed by atoms with van der Waals surface area (Å²) in [5.41, 5.74) is 0.334. The zero-order chi connectivity index (χ0) is 15.0. The maximum Gasteiger partial charge on any atom is 0.451 e. The number of alkyl halides is 3. The smallest absolute Gasteiger partial charge is 0.340 e. The number of rotatable bonds is 2. The number of imidazole rings is 1. The second-order valence-corrected chi connectivity index (χ2v) is 4.13. The molecule has 0 unspecified atom stereocenters. The van der Waals surface area contributed by atoms with Gasteiger partial charge in [0, 0.05) is 5.69 Å². The molecule has 0 amide bonds. The molecule has 0 atom stereocenters. The van der Waals surface area contributed by atoms with E-state index >= 15 is 0 Å². The Labute approximate surface area is 115 Å². The van der Waals surface area contributed by atoms with Crippen LogP contribution in [0, 0.1) is 5.82 Å². The van der Waals surface area contributed by atoms with Gasteiger partial charge in [-0.1, -0.05) is 6.07 Å². The Morgan fingerprint density at radius 2 is 1.95 bits per heavy atom. The van der Waals surface area contributed by atoms with Gasteiger partial charge in [0.1, 0.15) is 11.3 Å². The van der Waals surface area contributed by atoms with Gasteiger partial charge in [-0.25, -0.2) is 19.3 Å². The molecule has 2 N–H and O–H groups in total. The van der Waals surface area contributed by atoms with Gasteiger partial charge < -0.3 is 10.3 Å². The van der Waals surface area contributed by atoms with Crippen LogP contribution in [0.15, 0.2) is 30.6 Å². The summed E-state index contributed by atoms with van der Waals surface area (Å²) in [6, 6.07) is 5.28. The molecule has 21 heavy (non-hydrogen) atoms. The lowest BCUT2D eigenvalue weighted by molar-refractivity contribution is -0.144. The zero-order valence-corrected chi connectivity index (χ0v) is 10.2. The minimum Gasteiger partial charge on any atom is -0.340 e. The van der Waals surface area contributed by atoms with Crippen molar-refractivity contribution in [2.75, 3.05) is 5.32 Å². The van der Waals surface area contributed by atoms with Crippen LogP contribution in [0.4, 0.5) is 29.1 Å². The molecule has 5 nitrogen and oxygen atoms in total. The van der Waals surface area contributed by atoms with Crippen LogP contribution in [-0.2, 0) is 6.18 Å². The molecule has 0 saturated heterocycles.